The van der Waals surface area contributed by atoms with Crippen molar-refractivity contribution >= 4 is 11.8 Å². The first-order chi connectivity index (χ1) is 5.70. The summed E-state index contributed by atoms with van der Waals surface area (Å²) in [5.41, 5.74) is -0.435. The second kappa shape index (κ2) is 1.49. The van der Waals surface area contributed by atoms with Crippen LogP contribution in [0.2, 0.25) is 0 Å². The molecule has 0 unspecified atom stereocenters. The van der Waals surface area contributed by atoms with E-state index in [1.54, 1.807) is 6.08 Å². The van der Waals surface area contributed by atoms with Crippen LogP contribution < -0.4 is 0 Å². The molecule has 0 amide bonds. The maximum Gasteiger partial charge on any atom is 0.317 e. The smallest absolute Gasteiger partial charge is 0.317 e. The quantitative estimate of drug-likeness (QED) is 0.318. The maximum absolute atomic E-state index is 11.2. The largest absolute Gasteiger partial charge is 0.454 e. The topological polar surface area (TPSA) is 43.4 Å². The number of rotatable bonds is 1. The molecule has 0 aromatic rings. The highest BCUT2D eigenvalue weighted by molar-refractivity contribution is 6.06. The molecule has 0 spiro atoms. The van der Waals surface area contributed by atoms with Crippen molar-refractivity contribution < 1.29 is 14.3 Å². The SMILES string of the molecule is C=C[C@@]12OC(=O)[C@H]3C(=O)C[C@@H]1[C@H]32. The highest BCUT2D eigenvalue weighted by atomic mass is 16.6. The summed E-state index contributed by atoms with van der Waals surface area (Å²) < 4.78 is 5.15. The van der Waals surface area contributed by atoms with Gasteiger partial charge < -0.3 is 4.74 Å². The number of carbonyl (C=O) groups is 2. The van der Waals surface area contributed by atoms with Gasteiger partial charge in [-0.05, 0) is 6.08 Å². The normalized spacial score (nSPS) is 53.5. The lowest BCUT2D eigenvalue weighted by molar-refractivity contribution is -0.148. The van der Waals surface area contributed by atoms with Crippen LogP contribution in [0.15, 0.2) is 12.7 Å². The number of hydrogen-bond donors (Lipinski definition) is 0. The molecule has 3 fully saturated rings. The van der Waals surface area contributed by atoms with E-state index in [0.29, 0.717) is 6.42 Å². The highest BCUT2D eigenvalue weighted by Gasteiger charge is 2.80. The van der Waals surface area contributed by atoms with Crippen molar-refractivity contribution in [1.29, 1.82) is 0 Å². The van der Waals surface area contributed by atoms with Gasteiger partial charge in [0.25, 0.3) is 0 Å². The second-order valence-electron chi connectivity index (χ2n) is 3.76. The van der Waals surface area contributed by atoms with Gasteiger partial charge in [0, 0.05) is 18.3 Å². The number of hydrogen-bond acceptors (Lipinski definition) is 3. The number of ketones is 1. The number of Topliss-reactive ketones (excluding diaryl/α,β-unsaturated/α-hetero) is 1. The Morgan fingerprint density at radius 2 is 2.33 bits per heavy atom. The molecule has 1 saturated heterocycles. The van der Waals surface area contributed by atoms with Crippen LogP contribution in [0.3, 0.4) is 0 Å². The third-order valence-corrected chi connectivity index (χ3v) is 3.40. The van der Waals surface area contributed by atoms with Crippen LogP contribution >= 0.6 is 0 Å². The molecule has 0 bridgehead atoms. The van der Waals surface area contributed by atoms with E-state index in [0.717, 1.165) is 0 Å². The molecule has 0 aromatic carbocycles. The lowest BCUT2D eigenvalue weighted by Crippen LogP contribution is -2.16. The Morgan fingerprint density at radius 3 is 3.00 bits per heavy atom. The zero-order valence-electron chi connectivity index (χ0n) is 6.45. The van der Waals surface area contributed by atoms with Crippen LogP contribution in [-0.4, -0.2) is 17.4 Å². The fourth-order valence-corrected chi connectivity index (χ4v) is 2.80. The van der Waals surface area contributed by atoms with Crippen molar-refractivity contribution in [3.05, 3.63) is 12.7 Å². The van der Waals surface area contributed by atoms with E-state index in [1.807, 2.05) is 0 Å². The third-order valence-electron chi connectivity index (χ3n) is 3.40. The molecule has 4 atom stereocenters. The van der Waals surface area contributed by atoms with Crippen LogP contribution in [0.5, 0.6) is 0 Å². The minimum atomic E-state index is -0.451. The van der Waals surface area contributed by atoms with Crippen molar-refractivity contribution in [2.75, 3.05) is 0 Å². The van der Waals surface area contributed by atoms with Crippen molar-refractivity contribution in [2.45, 2.75) is 12.0 Å². The summed E-state index contributed by atoms with van der Waals surface area (Å²) in [4.78, 5) is 22.4. The van der Waals surface area contributed by atoms with Gasteiger partial charge in [-0.1, -0.05) is 6.58 Å². The minimum Gasteiger partial charge on any atom is -0.454 e. The Bertz CT molecular complexity index is 320. The molecule has 3 heteroatoms. The first-order valence-corrected chi connectivity index (χ1v) is 4.10. The molecule has 3 aliphatic rings. The Kier molecular flexibility index (Phi) is 0.794. The number of carbonyl (C=O) groups excluding carboxylic acids is 2. The summed E-state index contributed by atoms with van der Waals surface area (Å²) in [5, 5.41) is 0. The van der Waals surface area contributed by atoms with Gasteiger partial charge in [0.05, 0.1) is 0 Å². The summed E-state index contributed by atoms with van der Waals surface area (Å²) in [6.07, 6.45) is 2.19. The first-order valence-electron chi connectivity index (χ1n) is 4.10. The fraction of sp³-hybridized carbons (Fsp3) is 0.556. The van der Waals surface area contributed by atoms with E-state index in [2.05, 4.69) is 6.58 Å². The minimum absolute atomic E-state index is 0.0602. The molecule has 1 heterocycles. The molecule has 2 saturated carbocycles. The molecular formula is C9H8O3. The zero-order valence-corrected chi connectivity index (χ0v) is 6.45. The molecule has 2 aliphatic carbocycles. The van der Waals surface area contributed by atoms with E-state index in [4.69, 9.17) is 4.74 Å². The van der Waals surface area contributed by atoms with Crippen molar-refractivity contribution in [1.82, 2.24) is 0 Å². The Balaban J connectivity index is 2.09. The van der Waals surface area contributed by atoms with E-state index < -0.39 is 11.5 Å². The highest BCUT2D eigenvalue weighted by Crippen LogP contribution is 2.69. The Morgan fingerprint density at radius 1 is 1.58 bits per heavy atom. The Labute approximate surface area is 69.4 Å². The zero-order chi connectivity index (χ0) is 8.51. The van der Waals surface area contributed by atoms with Gasteiger partial charge in [0.15, 0.2) is 0 Å². The van der Waals surface area contributed by atoms with Gasteiger partial charge in [-0.3, -0.25) is 9.59 Å². The van der Waals surface area contributed by atoms with E-state index in [-0.39, 0.29) is 23.6 Å². The average molecular weight is 164 g/mol. The van der Waals surface area contributed by atoms with Crippen molar-refractivity contribution in [3.8, 4) is 0 Å². The lowest BCUT2D eigenvalue weighted by Gasteiger charge is -2.07. The molecule has 3 rings (SSSR count). The third kappa shape index (κ3) is 0.405. The van der Waals surface area contributed by atoms with Crippen molar-refractivity contribution in [2.24, 2.45) is 17.8 Å². The Hall–Kier alpha value is -1.12. The second-order valence-corrected chi connectivity index (χ2v) is 3.76. The molecule has 3 nitrogen and oxygen atoms in total. The van der Waals surface area contributed by atoms with Gasteiger partial charge in [0.2, 0.25) is 0 Å². The van der Waals surface area contributed by atoms with Crippen LogP contribution in [0.1, 0.15) is 6.42 Å². The van der Waals surface area contributed by atoms with Crippen molar-refractivity contribution in [3.63, 3.8) is 0 Å². The van der Waals surface area contributed by atoms with E-state index in [9.17, 15) is 9.59 Å². The number of esters is 1. The molecule has 0 aromatic heterocycles. The fourth-order valence-electron chi connectivity index (χ4n) is 2.80. The summed E-state index contributed by atoms with van der Waals surface area (Å²) in [6, 6.07) is 0. The van der Waals surface area contributed by atoms with E-state index in [1.165, 1.54) is 0 Å². The van der Waals surface area contributed by atoms with Gasteiger partial charge in [-0.15, -0.1) is 0 Å². The van der Waals surface area contributed by atoms with Gasteiger partial charge in [-0.25, -0.2) is 0 Å². The molecule has 1 aliphatic heterocycles. The predicted molar refractivity (Wildman–Crippen MR) is 39.1 cm³/mol. The maximum atomic E-state index is 11.2. The van der Waals surface area contributed by atoms with Gasteiger partial charge in [0.1, 0.15) is 17.3 Å². The summed E-state index contributed by atoms with van der Waals surface area (Å²) in [6.45, 7) is 3.65. The first kappa shape index (κ1) is 6.40. The molecule has 0 N–H and O–H groups in total. The lowest BCUT2D eigenvalue weighted by atomic mass is 10.0. The summed E-state index contributed by atoms with van der Waals surface area (Å²) in [5.74, 6) is -0.336. The van der Waals surface area contributed by atoms with Gasteiger partial charge >= 0.3 is 5.97 Å². The van der Waals surface area contributed by atoms with Crippen LogP contribution in [-0.2, 0) is 14.3 Å². The van der Waals surface area contributed by atoms with Crippen LogP contribution in [0.4, 0.5) is 0 Å². The standard InChI is InChI=1S/C9H8O3/c1-2-9-4-3-5(10)6(7(4)9)8(11)12-9/h2,4,6-7H,1,3H2/t4-,6+,7-,9-/m1/s1. The monoisotopic (exact) mass is 164 g/mol. The number of ether oxygens (including phenoxy) is 1. The van der Waals surface area contributed by atoms with Gasteiger partial charge in [-0.2, -0.15) is 0 Å². The van der Waals surface area contributed by atoms with E-state index >= 15 is 0 Å². The number of fused-ring (bicyclic) bond motifs is 1. The summed E-state index contributed by atoms with van der Waals surface area (Å²) in [7, 11) is 0. The van der Waals surface area contributed by atoms with Crippen LogP contribution in [0, 0.1) is 17.8 Å². The predicted octanol–water partition coefficient (Wildman–Crippen LogP) is 0.303. The average Bonchev–Trinajstić information content (AvgIpc) is 2.42. The molecule has 12 heavy (non-hydrogen) atoms. The molecular weight excluding hydrogens is 156 g/mol. The summed E-state index contributed by atoms with van der Waals surface area (Å²) >= 11 is 0. The van der Waals surface area contributed by atoms with Crippen LogP contribution in [0.25, 0.3) is 0 Å². The molecule has 0 radical (unpaired) electrons. The molecule has 62 valence electrons.